The molecule has 0 aromatic carbocycles. The lowest BCUT2D eigenvalue weighted by molar-refractivity contribution is 0.0216. The summed E-state index contributed by atoms with van der Waals surface area (Å²) >= 11 is 0. The molecule has 84 valence electrons. The largest absolute Gasteiger partial charge is 0.380 e. The first-order chi connectivity index (χ1) is 6.66. The molecule has 0 spiro atoms. The maximum Gasteiger partial charge on any atom is 0.0747 e. The van der Waals surface area contributed by atoms with Gasteiger partial charge in [0.25, 0.3) is 0 Å². The number of hydrogen-bond donors (Lipinski definition) is 1. The fourth-order valence-electron chi connectivity index (χ4n) is 2.66. The highest BCUT2D eigenvalue weighted by Crippen LogP contribution is 2.29. The van der Waals surface area contributed by atoms with E-state index in [-0.39, 0.29) is 12.1 Å². The van der Waals surface area contributed by atoms with Crippen molar-refractivity contribution < 1.29 is 4.74 Å². The Bertz CT molecular complexity index is 152. The molecule has 0 saturated heterocycles. The molecule has 2 atom stereocenters. The van der Waals surface area contributed by atoms with Crippen LogP contribution in [0.15, 0.2) is 0 Å². The van der Waals surface area contributed by atoms with Crippen molar-refractivity contribution in [2.75, 3.05) is 7.11 Å². The third kappa shape index (κ3) is 2.96. The van der Waals surface area contributed by atoms with Crippen LogP contribution in [0.4, 0.5) is 0 Å². The molecule has 2 heteroatoms. The minimum absolute atomic E-state index is 0.234. The van der Waals surface area contributed by atoms with E-state index in [0.717, 1.165) is 0 Å². The highest BCUT2D eigenvalue weighted by atomic mass is 16.5. The van der Waals surface area contributed by atoms with Crippen LogP contribution in [0, 0.1) is 11.8 Å². The van der Waals surface area contributed by atoms with E-state index in [2.05, 4.69) is 13.8 Å². The maximum atomic E-state index is 6.28. The molecule has 1 aliphatic carbocycles. The molecule has 2 unspecified atom stereocenters. The van der Waals surface area contributed by atoms with E-state index >= 15 is 0 Å². The SMILES string of the molecule is COC(C(C)C)C(N)C1CCCCC1. The van der Waals surface area contributed by atoms with Gasteiger partial charge in [-0.05, 0) is 24.7 Å². The lowest BCUT2D eigenvalue weighted by Crippen LogP contribution is -2.45. The third-order valence-electron chi connectivity index (χ3n) is 3.50. The van der Waals surface area contributed by atoms with Gasteiger partial charge in [-0.1, -0.05) is 33.1 Å². The van der Waals surface area contributed by atoms with Crippen molar-refractivity contribution in [1.29, 1.82) is 0 Å². The average molecular weight is 199 g/mol. The van der Waals surface area contributed by atoms with Crippen LogP contribution in [0.2, 0.25) is 0 Å². The summed E-state index contributed by atoms with van der Waals surface area (Å²) < 4.78 is 5.50. The van der Waals surface area contributed by atoms with Crippen LogP contribution < -0.4 is 5.73 Å². The predicted octanol–water partition coefficient (Wildman–Crippen LogP) is 2.57. The number of hydrogen-bond acceptors (Lipinski definition) is 2. The van der Waals surface area contributed by atoms with Crippen molar-refractivity contribution in [3.8, 4) is 0 Å². The minimum Gasteiger partial charge on any atom is -0.380 e. The zero-order chi connectivity index (χ0) is 10.6. The molecule has 1 aliphatic rings. The number of nitrogens with two attached hydrogens (primary N) is 1. The van der Waals surface area contributed by atoms with Crippen molar-refractivity contribution in [3.05, 3.63) is 0 Å². The lowest BCUT2D eigenvalue weighted by Gasteiger charge is -2.34. The van der Waals surface area contributed by atoms with Gasteiger partial charge in [-0.2, -0.15) is 0 Å². The van der Waals surface area contributed by atoms with Gasteiger partial charge in [0.1, 0.15) is 0 Å². The van der Waals surface area contributed by atoms with Crippen molar-refractivity contribution in [2.45, 2.75) is 58.1 Å². The zero-order valence-electron chi connectivity index (χ0n) is 9.83. The molecule has 1 fully saturated rings. The van der Waals surface area contributed by atoms with E-state index < -0.39 is 0 Å². The molecule has 1 rings (SSSR count). The fourth-order valence-corrected chi connectivity index (χ4v) is 2.66. The molecule has 0 heterocycles. The molecule has 0 aliphatic heterocycles. The van der Waals surface area contributed by atoms with Crippen molar-refractivity contribution in [2.24, 2.45) is 17.6 Å². The summed E-state index contributed by atoms with van der Waals surface area (Å²) in [5, 5.41) is 0. The minimum atomic E-state index is 0.234. The molecule has 0 amide bonds. The highest BCUT2D eigenvalue weighted by molar-refractivity contribution is 4.84. The van der Waals surface area contributed by atoms with Crippen LogP contribution in [0.25, 0.3) is 0 Å². The third-order valence-corrected chi connectivity index (χ3v) is 3.50. The van der Waals surface area contributed by atoms with Crippen LogP contribution in [0.1, 0.15) is 46.0 Å². The Morgan fingerprint density at radius 3 is 2.14 bits per heavy atom. The maximum absolute atomic E-state index is 6.28. The van der Waals surface area contributed by atoms with Crippen molar-refractivity contribution in [3.63, 3.8) is 0 Å². The highest BCUT2D eigenvalue weighted by Gasteiger charge is 2.29. The number of ether oxygens (including phenoxy) is 1. The summed E-state index contributed by atoms with van der Waals surface area (Å²) in [5.74, 6) is 1.22. The van der Waals surface area contributed by atoms with Gasteiger partial charge >= 0.3 is 0 Å². The Morgan fingerprint density at radius 1 is 1.14 bits per heavy atom. The predicted molar refractivity (Wildman–Crippen MR) is 60.2 cm³/mol. The van der Waals surface area contributed by atoms with Crippen LogP contribution in [-0.2, 0) is 4.74 Å². The van der Waals surface area contributed by atoms with E-state index in [1.165, 1.54) is 32.1 Å². The van der Waals surface area contributed by atoms with Crippen LogP contribution in [0.5, 0.6) is 0 Å². The molecular weight excluding hydrogens is 174 g/mol. The van der Waals surface area contributed by atoms with Gasteiger partial charge in [-0.3, -0.25) is 0 Å². The van der Waals surface area contributed by atoms with Crippen molar-refractivity contribution in [1.82, 2.24) is 0 Å². The fraction of sp³-hybridized carbons (Fsp3) is 1.00. The molecule has 0 aromatic rings. The van der Waals surface area contributed by atoms with Gasteiger partial charge in [0, 0.05) is 13.2 Å². The van der Waals surface area contributed by atoms with E-state index in [4.69, 9.17) is 10.5 Å². The van der Waals surface area contributed by atoms with E-state index in [9.17, 15) is 0 Å². The molecular formula is C12H25NO. The van der Waals surface area contributed by atoms with Crippen LogP contribution in [-0.4, -0.2) is 19.3 Å². The van der Waals surface area contributed by atoms with Gasteiger partial charge in [-0.25, -0.2) is 0 Å². The lowest BCUT2D eigenvalue weighted by atomic mass is 9.80. The smallest absolute Gasteiger partial charge is 0.0747 e. The van der Waals surface area contributed by atoms with Crippen LogP contribution in [0.3, 0.4) is 0 Å². The van der Waals surface area contributed by atoms with E-state index in [1.807, 2.05) is 0 Å². The van der Waals surface area contributed by atoms with Gasteiger partial charge in [0.05, 0.1) is 6.10 Å². The molecule has 14 heavy (non-hydrogen) atoms. The van der Waals surface area contributed by atoms with Gasteiger partial charge < -0.3 is 10.5 Å². The van der Waals surface area contributed by atoms with Crippen molar-refractivity contribution >= 4 is 0 Å². The Labute approximate surface area is 88.2 Å². The Kier molecular flexibility index (Phi) is 4.90. The summed E-state index contributed by atoms with van der Waals surface area (Å²) in [4.78, 5) is 0. The second-order valence-electron chi connectivity index (χ2n) is 4.92. The first-order valence-electron chi connectivity index (χ1n) is 5.95. The van der Waals surface area contributed by atoms with E-state index in [1.54, 1.807) is 7.11 Å². The zero-order valence-corrected chi connectivity index (χ0v) is 9.83. The quantitative estimate of drug-likeness (QED) is 0.755. The molecule has 0 radical (unpaired) electrons. The summed E-state index contributed by atoms with van der Waals surface area (Å²) in [7, 11) is 1.79. The summed E-state index contributed by atoms with van der Waals surface area (Å²) in [6.45, 7) is 4.38. The topological polar surface area (TPSA) is 35.2 Å². The second-order valence-corrected chi connectivity index (χ2v) is 4.92. The first-order valence-corrected chi connectivity index (χ1v) is 5.95. The first kappa shape index (κ1) is 12.0. The molecule has 1 saturated carbocycles. The molecule has 0 bridgehead atoms. The van der Waals surface area contributed by atoms with Gasteiger partial charge in [0.15, 0.2) is 0 Å². The normalized spacial score (nSPS) is 23.8. The number of rotatable bonds is 4. The van der Waals surface area contributed by atoms with Crippen LogP contribution >= 0.6 is 0 Å². The van der Waals surface area contributed by atoms with E-state index in [0.29, 0.717) is 11.8 Å². The summed E-state index contributed by atoms with van der Waals surface area (Å²) in [6, 6.07) is 0.236. The summed E-state index contributed by atoms with van der Waals surface area (Å²) in [6.07, 6.45) is 6.93. The average Bonchev–Trinajstić information content (AvgIpc) is 2.19. The van der Waals surface area contributed by atoms with Gasteiger partial charge in [0.2, 0.25) is 0 Å². The standard InChI is InChI=1S/C12H25NO/c1-9(2)12(14-3)11(13)10-7-5-4-6-8-10/h9-12H,4-8,13H2,1-3H3. The Balaban J connectivity index is 2.47. The molecule has 0 aromatic heterocycles. The Morgan fingerprint density at radius 2 is 1.71 bits per heavy atom. The molecule has 2 N–H and O–H groups in total. The Hall–Kier alpha value is -0.0800. The second kappa shape index (κ2) is 5.72. The van der Waals surface area contributed by atoms with Gasteiger partial charge in [-0.15, -0.1) is 0 Å². The summed E-state index contributed by atoms with van der Waals surface area (Å²) in [5.41, 5.74) is 6.28. The number of methoxy groups -OCH3 is 1. The monoisotopic (exact) mass is 199 g/mol. The molecule has 2 nitrogen and oxygen atoms in total.